The fourth-order valence-electron chi connectivity index (χ4n) is 5.40. The van der Waals surface area contributed by atoms with Crippen LogP contribution in [0.1, 0.15) is 59.3 Å². The molecule has 0 heterocycles. The zero-order valence-electron chi connectivity index (χ0n) is 16.2. The first-order valence-corrected chi connectivity index (χ1v) is 9.41. The van der Waals surface area contributed by atoms with Gasteiger partial charge in [-0.1, -0.05) is 31.6 Å². The van der Waals surface area contributed by atoms with Gasteiger partial charge in [0, 0.05) is 7.11 Å². The number of carbonyl (C=O) groups is 1. The number of methoxy groups -OCH3 is 1. The second kappa shape index (κ2) is 7.63. The van der Waals surface area contributed by atoms with Crippen molar-refractivity contribution in [1.82, 2.24) is 0 Å². The monoisotopic (exact) mass is 350 g/mol. The average Bonchev–Trinajstić information content (AvgIpc) is 2.55. The van der Waals surface area contributed by atoms with Gasteiger partial charge in [-0.05, 0) is 68.8 Å². The number of aliphatic hydroxyl groups excluding tert-OH is 1. The van der Waals surface area contributed by atoms with E-state index in [1.54, 1.807) is 7.11 Å². The van der Waals surface area contributed by atoms with E-state index in [-0.39, 0.29) is 17.3 Å². The SMILES string of the molecule is C=C1CC[C@H]2[C@@](C)(CCC[C@]2(C)C(=O)O)[C@@H]1C[C@@H](O)/C(C)=C/COC. The standard InChI is InChI=1S/C21H34O4/c1-14-7-8-18-20(3,10-6-11-21(18,4)19(23)24)16(14)13-17(22)15(2)9-12-25-5/h9,16-18,22H,1,6-8,10-13H2,2-5H3,(H,23,24)/b15-9+/t16-,17-,18+,20+,21+/m1/s1. The summed E-state index contributed by atoms with van der Waals surface area (Å²) in [5, 5.41) is 20.6. The van der Waals surface area contributed by atoms with Crippen LogP contribution in [0.25, 0.3) is 0 Å². The summed E-state index contributed by atoms with van der Waals surface area (Å²) in [5.41, 5.74) is 1.31. The lowest BCUT2D eigenvalue weighted by molar-refractivity contribution is -0.164. The highest BCUT2D eigenvalue weighted by molar-refractivity contribution is 5.75. The molecule has 0 radical (unpaired) electrons. The molecule has 0 amide bonds. The Bertz CT molecular complexity index is 552. The van der Waals surface area contributed by atoms with Crippen molar-refractivity contribution in [3.63, 3.8) is 0 Å². The minimum absolute atomic E-state index is 0.108. The van der Waals surface area contributed by atoms with Crippen molar-refractivity contribution in [2.24, 2.45) is 22.7 Å². The molecule has 4 nitrogen and oxygen atoms in total. The number of aliphatic carboxylic acids is 1. The first-order chi connectivity index (χ1) is 11.7. The molecule has 2 aliphatic carbocycles. The Kier molecular flexibility index (Phi) is 6.16. The lowest BCUT2D eigenvalue weighted by atomic mass is 9.46. The van der Waals surface area contributed by atoms with Gasteiger partial charge in [-0.15, -0.1) is 0 Å². The molecule has 0 aromatic rings. The molecule has 2 rings (SSSR count). The minimum atomic E-state index is -0.675. The Morgan fingerprint density at radius 3 is 2.72 bits per heavy atom. The zero-order chi connectivity index (χ0) is 18.8. The molecule has 2 fully saturated rings. The quantitative estimate of drug-likeness (QED) is 0.705. The number of aliphatic hydroxyl groups is 1. The third-order valence-electron chi connectivity index (χ3n) is 7.06. The van der Waals surface area contributed by atoms with E-state index in [0.29, 0.717) is 13.0 Å². The van der Waals surface area contributed by atoms with Gasteiger partial charge < -0.3 is 14.9 Å². The Labute approximate surface area is 152 Å². The number of ether oxygens (including phenoxy) is 1. The van der Waals surface area contributed by atoms with Crippen molar-refractivity contribution < 1.29 is 19.7 Å². The van der Waals surface area contributed by atoms with Crippen molar-refractivity contribution in [3.05, 3.63) is 23.8 Å². The Balaban J connectivity index is 2.28. The summed E-state index contributed by atoms with van der Waals surface area (Å²) in [6.07, 6.45) is 6.44. The van der Waals surface area contributed by atoms with Crippen LogP contribution in [0.5, 0.6) is 0 Å². The third-order valence-corrected chi connectivity index (χ3v) is 7.06. The van der Waals surface area contributed by atoms with E-state index in [1.807, 2.05) is 19.9 Å². The molecule has 0 aromatic heterocycles. The second-order valence-electron chi connectivity index (χ2n) is 8.54. The largest absolute Gasteiger partial charge is 0.481 e. The maximum atomic E-state index is 12.0. The maximum Gasteiger partial charge on any atom is 0.309 e. The molecule has 2 aliphatic rings. The fraction of sp³-hybridized carbons (Fsp3) is 0.762. The third kappa shape index (κ3) is 3.70. The molecule has 0 saturated heterocycles. The van der Waals surface area contributed by atoms with Crippen LogP contribution >= 0.6 is 0 Å². The van der Waals surface area contributed by atoms with Gasteiger partial charge in [-0.25, -0.2) is 0 Å². The summed E-state index contributed by atoms with van der Waals surface area (Å²) in [7, 11) is 1.64. The highest BCUT2D eigenvalue weighted by atomic mass is 16.5. The van der Waals surface area contributed by atoms with Gasteiger partial charge in [0.2, 0.25) is 0 Å². The van der Waals surface area contributed by atoms with Crippen LogP contribution in [-0.2, 0) is 9.53 Å². The number of fused-ring (bicyclic) bond motifs is 1. The molecule has 2 N–H and O–H groups in total. The molecule has 142 valence electrons. The summed E-state index contributed by atoms with van der Waals surface area (Å²) in [6.45, 7) is 10.9. The Morgan fingerprint density at radius 2 is 2.12 bits per heavy atom. The lowest BCUT2D eigenvalue weighted by Crippen LogP contribution is -2.53. The van der Waals surface area contributed by atoms with Gasteiger partial charge in [-0.2, -0.15) is 0 Å². The lowest BCUT2D eigenvalue weighted by Gasteiger charge is -2.57. The van der Waals surface area contributed by atoms with Crippen LogP contribution in [0.4, 0.5) is 0 Å². The molecule has 25 heavy (non-hydrogen) atoms. The molecule has 0 aromatic carbocycles. The number of rotatable bonds is 6. The summed E-state index contributed by atoms with van der Waals surface area (Å²) in [6, 6.07) is 0. The minimum Gasteiger partial charge on any atom is -0.481 e. The molecule has 4 heteroatoms. The Hall–Kier alpha value is -1.13. The number of carboxylic acid groups (broad SMARTS) is 1. The van der Waals surface area contributed by atoms with Gasteiger partial charge in [0.15, 0.2) is 0 Å². The van der Waals surface area contributed by atoms with E-state index in [9.17, 15) is 15.0 Å². The van der Waals surface area contributed by atoms with Crippen molar-refractivity contribution in [2.75, 3.05) is 13.7 Å². The van der Waals surface area contributed by atoms with E-state index >= 15 is 0 Å². The molecular formula is C21H34O4. The van der Waals surface area contributed by atoms with Crippen LogP contribution < -0.4 is 0 Å². The van der Waals surface area contributed by atoms with Gasteiger partial charge in [0.05, 0.1) is 18.1 Å². The molecule has 2 saturated carbocycles. The summed E-state index contributed by atoms with van der Waals surface area (Å²) >= 11 is 0. The van der Waals surface area contributed by atoms with Crippen LogP contribution in [0, 0.1) is 22.7 Å². The number of carboxylic acids is 1. The molecule has 0 spiro atoms. The summed E-state index contributed by atoms with van der Waals surface area (Å²) in [5.74, 6) is -0.380. The van der Waals surface area contributed by atoms with Crippen LogP contribution in [0.3, 0.4) is 0 Å². The van der Waals surface area contributed by atoms with E-state index in [4.69, 9.17) is 4.74 Å². The zero-order valence-corrected chi connectivity index (χ0v) is 16.2. The predicted molar refractivity (Wildman–Crippen MR) is 99.3 cm³/mol. The van der Waals surface area contributed by atoms with E-state index < -0.39 is 17.5 Å². The number of hydrogen-bond donors (Lipinski definition) is 2. The average molecular weight is 350 g/mol. The number of hydrogen-bond acceptors (Lipinski definition) is 3. The molecule has 5 atom stereocenters. The normalized spacial score (nSPS) is 37.5. The first-order valence-electron chi connectivity index (χ1n) is 9.41. The highest BCUT2D eigenvalue weighted by Crippen LogP contribution is 2.62. The van der Waals surface area contributed by atoms with Gasteiger partial charge >= 0.3 is 5.97 Å². The van der Waals surface area contributed by atoms with Crippen molar-refractivity contribution >= 4 is 5.97 Å². The smallest absolute Gasteiger partial charge is 0.309 e. The molecule has 0 aliphatic heterocycles. The van der Waals surface area contributed by atoms with Gasteiger partial charge in [0.1, 0.15) is 0 Å². The first kappa shape index (κ1) is 20.2. The van der Waals surface area contributed by atoms with Crippen molar-refractivity contribution in [1.29, 1.82) is 0 Å². The highest BCUT2D eigenvalue weighted by Gasteiger charge is 2.57. The number of allylic oxidation sites excluding steroid dienone is 1. The Morgan fingerprint density at radius 1 is 1.44 bits per heavy atom. The fourth-order valence-corrected chi connectivity index (χ4v) is 5.40. The molecular weight excluding hydrogens is 316 g/mol. The summed E-state index contributed by atoms with van der Waals surface area (Å²) < 4.78 is 5.06. The van der Waals surface area contributed by atoms with Crippen molar-refractivity contribution in [3.8, 4) is 0 Å². The van der Waals surface area contributed by atoms with E-state index in [1.165, 1.54) is 5.57 Å². The summed E-state index contributed by atoms with van der Waals surface area (Å²) in [4.78, 5) is 12.0. The molecule has 0 unspecified atom stereocenters. The van der Waals surface area contributed by atoms with E-state index in [0.717, 1.165) is 37.7 Å². The predicted octanol–water partition coefficient (Wildman–Crippen LogP) is 4.19. The van der Waals surface area contributed by atoms with E-state index in [2.05, 4.69) is 13.5 Å². The molecule has 0 bridgehead atoms. The van der Waals surface area contributed by atoms with Crippen LogP contribution in [-0.4, -0.2) is 36.0 Å². The van der Waals surface area contributed by atoms with Gasteiger partial charge in [0.25, 0.3) is 0 Å². The van der Waals surface area contributed by atoms with Crippen LogP contribution in [0.15, 0.2) is 23.8 Å². The second-order valence-corrected chi connectivity index (χ2v) is 8.54. The topological polar surface area (TPSA) is 66.8 Å². The van der Waals surface area contributed by atoms with Gasteiger partial charge in [-0.3, -0.25) is 4.79 Å². The van der Waals surface area contributed by atoms with Crippen LogP contribution in [0.2, 0.25) is 0 Å². The van der Waals surface area contributed by atoms with Crippen molar-refractivity contribution in [2.45, 2.75) is 65.4 Å². The maximum absolute atomic E-state index is 12.0.